The molecule has 0 saturated heterocycles. The summed E-state index contributed by atoms with van der Waals surface area (Å²) < 4.78 is 5.05. The number of carbonyl (C=O) groups is 1. The van der Waals surface area contributed by atoms with Crippen LogP contribution in [-0.4, -0.2) is 24.8 Å². The second-order valence-corrected chi connectivity index (χ2v) is 4.75. The fourth-order valence-electron chi connectivity index (χ4n) is 1.71. The zero-order chi connectivity index (χ0) is 11.3. The van der Waals surface area contributed by atoms with Crippen molar-refractivity contribution in [2.24, 2.45) is 11.7 Å². The minimum absolute atomic E-state index is 0.254. The average molecular weight is 214 g/mol. The van der Waals surface area contributed by atoms with Gasteiger partial charge in [-0.05, 0) is 31.6 Å². The summed E-state index contributed by atoms with van der Waals surface area (Å²) in [6.07, 6.45) is 3.64. The van der Waals surface area contributed by atoms with Gasteiger partial charge in [-0.2, -0.15) is 0 Å². The van der Waals surface area contributed by atoms with E-state index < -0.39 is 0 Å². The number of carbonyl (C=O) groups excluding carboxylic acids is 1. The Bertz CT molecular complexity index is 199. The van der Waals surface area contributed by atoms with Gasteiger partial charge in [-0.3, -0.25) is 0 Å². The van der Waals surface area contributed by atoms with Crippen molar-refractivity contribution in [2.75, 3.05) is 6.61 Å². The molecular weight excluding hydrogens is 192 g/mol. The van der Waals surface area contributed by atoms with Crippen molar-refractivity contribution in [1.82, 2.24) is 5.32 Å². The molecule has 1 aliphatic rings. The highest BCUT2D eigenvalue weighted by Crippen LogP contribution is 2.16. The van der Waals surface area contributed by atoms with Gasteiger partial charge in [0.05, 0.1) is 6.61 Å². The van der Waals surface area contributed by atoms with Crippen molar-refractivity contribution in [2.45, 2.75) is 51.6 Å². The third-order valence-electron chi connectivity index (χ3n) is 2.64. The highest BCUT2D eigenvalue weighted by Gasteiger charge is 2.20. The lowest BCUT2D eigenvalue weighted by molar-refractivity contribution is 0.126. The van der Waals surface area contributed by atoms with Crippen LogP contribution in [-0.2, 0) is 4.74 Å². The molecule has 0 radical (unpaired) electrons. The van der Waals surface area contributed by atoms with Crippen LogP contribution in [0.1, 0.15) is 39.5 Å². The van der Waals surface area contributed by atoms with Gasteiger partial charge in [0.25, 0.3) is 0 Å². The molecule has 1 amide bonds. The molecule has 0 aromatic rings. The predicted molar refractivity (Wildman–Crippen MR) is 59.6 cm³/mol. The van der Waals surface area contributed by atoms with Gasteiger partial charge in [0.1, 0.15) is 0 Å². The van der Waals surface area contributed by atoms with Crippen molar-refractivity contribution in [3.8, 4) is 0 Å². The highest BCUT2D eigenvalue weighted by atomic mass is 16.5. The number of ether oxygens (including phenoxy) is 1. The maximum absolute atomic E-state index is 11.3. The van der Waals surface area contributed by atoms with Gasteiger partial charge in [0, 0.05) is 12.1 Å². The van der Waals surface area contributed by atoms with Gasteiger partial charge in [-0.1, -0.05) is 13.8 Å². The van der Waals surface area contributed by atoms with Gasteiger partial charge in [0.2, 0.25) is 0 Å². The summed E-state index contributed by atoms with van der Waals surface area (Å²) in [6, 6.07) is 0.569. The van der Waals surface area contributed by atoms with Crippen LogP contribution in [0.25, 0.3) is 0 Å². The summed E-state index contributed by atoms with van der Waals surface area (Å²) in [5.41, 5.74) is 5.78. The third kappa shape index (κ3) is 5.02. The largest absolute Gasteiger partial charge is 0.449 e. The lowest BCUT2D eigenvalue weighted by atomic mass is 9.92. The van der Waals surface area contributed by atoms with Gasteiger partial charge in [-0.25, -0.2) is 4.79 Å². The molecule has 0 atom stereocenters. The first-order valence-electron chi connectivity index (χ1n) is 5.76. The number of amides is 1. The summed E-state index contributed by atoms with van der Waals surface area (Å²) in [4.78, 5) is 11.3. The van der Waals surface area contributed by atoms with E-state index in [0.717, 1.165) is 25.7 Å². The summed E-state index contributed by atoms with van der Waals surface area (Å²) in [6.45, 7) is 4.53. The van der Waals surface area contributed by atoms with E-state index in [1.807, 2.05) is 13.8 Å². The molecule has 0 aliphatic heterocycles. The molecule has 0 unspecified atom stereocenters. The first kappa shape index (κ1) is 12.3. The molecule has 3 N–H and O–H groups in total. The number of alkyl carbamates (subject to hydrolysis) is 1. The lowest BCUT2D eigenvalue weighted by Gasteiger charge is -2.26. The van der Waals surface area contributed by atoms with E-state index in [4.69, 9.17) is 10.5 Å². The molecule has 15 heavy (non-hydrogen) atoms. The van der Waals surface area contributed by atoms with Crippen molar-refractivity contribution in [3.05, 3.63) is 0 Å². The summed E-state index contributed by atoms with van der Waals surface area (Å²) in [5, 5.41) is 2.88. The summed E-state index contributed by atoms with van der Waals surface area (Å²) in [7, 11) is 0. The summed E-state index contributed by atoms with van der Waals surface area (Å²) in [5.74, 6) is 0.385. The van der Waals surface area contributed by atoms with Crippen LogP contribution < -0.4 is 11.1 Å². The Labute approximate surface area is 91.5 Å². The molecule has 0 spiro atoms. The molecular formula is C11H22N2O2. The van der Waals surface area contributed by atoms with Crippen LogP contribution in [0.3, 0.4) is 0 Å². The van der Waals surface area contributed by atoms with Crippen molar-refractivity contribution >= 4 is 6.09 Å². The molecule has 4 heteroatoms. The number of nitrogens with one attached hydrogen (secondary N) is 1. The maximum atomic E-state index is 11.3. The number of hydrogen-bond donors (Lipinski definition) is 2. The van der Waals surface area contributed by atoms with Crippen molar-refractivity contribution < 1.29 is 9.53 Å². The fourth-order valence-corrected chi connectivity index (χ4v) is 1.71. The van der Waals surface area contributed by atoms with Crippen molar-refractivity contribution in [1.29, 1.82) is 0 Å². The van der Waals surface area contributed by atoms with Crippen LogP contribution in [0, 0.1) is 5.92 Å². The molecule has 0 aromatic carbocycles. The van der Waals surface area contributed by atoms with Crippen LogP contribution >= 0.6 is 0 Å². The van der Waals surface area contributed by atoms with E-state index in [1.165, 1.54) is 0 Å². The molecule has 88 valence electrons. The van der Waals surface area contributed by atoms with Crippen LogP contribution in [0.15, 0.2) is 0 Å². The second-order valence-electron chi connectivity index (χ2n) is 4.75. The van der Waals surface area contributed by atoms with E-state index in [9.17, 15) is 4.79 Å². The first-order valence-corrected chi connectivity index (χ1v) is 5.76. The standard InChI is InChI=1S/C11H22N2O2/c1-8(2)7-15-11(14)13-10-5-3-9(12)4-6-10/h8-10H,3-7,12H2,1-2H3,(H,13,14). The van der Waals surface area contributed by atoms with E-state index >= 15 is 0 Å². The van der Waals surface area contributed by atoms with Crippen LogP contribution in [0.5, 0.6) is 0 Å². The quantitative estimate of drug-likeness (QED) is 0.750. The summed E-state index contributed by atoms with van der Waals surface area (Å²) >= 11 is 0. The monoisotopic (exact) mass is 214 g/mol. The Balaban J connectivity index is 2.15. The molecule has 0 bridgehead atoms. The Kier molecular flexibility index (Phi) is 4.88. The average Bonchev–Trinajstić information content (AvgIpc) is 2.19. The zero-order valence-electron chi connectivity index (χ0n) is 9.66. The lowest BCUT2D eigenvalue weighted by Crippen LogP contribution is -2.40. The molecule has 0 heterocycles. The Hall–Kier alpha value is -0.770. The normalized spacial score (nSPS) is 26.4. The Morgan fingerprint density at radius 1 is 1.40 bits per heavy atom. The predicted octanol–water partition coefficient (Wildman–Crippen LogP) is 1.64. The van der Waals surface area contributed by atoms with E-state index in [2.05, 4.69) is 5.32 Å². The van der Waals surface area contributed by atoms with Gasteiger partial charge in [0.15, 0.2) is 0 Å². The third-order valence-corrected chi connectivity index (χ3v) is 2.64. The van der Waals surface area contributed by atoms with E-state index in [-0.39, 0.29) is 12.1 Å². The minimum Gasteiger partial charge on any atom is -0.449 e. The second kappa shape index (κ2) is 5.95. The Morgan fingerprint density at radius 2 is 2.00 bits per heavy atom. The number of hydrogen-bond acceptors (Lipinski definition) is 3. The highest BCUT2D eigenvalue weighted by molar-refractivity contribution is 5.67. The smallest absolute Gasteiger partial charge is 0.407 e. The SMILES string of the molecule is CC(C)COC(=O)NC1CCC(N)CC1. The number of nitrogens with two attached hydrogens (primary N) is 1. The fraction of sp³-hybridized carbons (Fsp3) is 0.909. The molecule has 1 saturated carbocycles. The van der Waals surface area contributed by atoms with Gasteiger partial charge >= 0.3 is 6.09 Å². The first-order chi connectivity index (χ1) is 7.08. The van der Waals surface area contributed by atoms with Gasteiger partial charge < -0.3 is 15.8 Å². The molecule has 0 aromatic heterocycles. The molecule has 1 rings (SSSR count). The molecule has 1 fully saturated rings. The number of rotatable bonds is 3. The van der Waals surface area contributed by atoms with Crippen LogP contribution in [0.2, 0.25) is 0 Å². The van der Waals surface area contributed by atoms with E-state index in [1.54, 1.807) is 0 Å². The zero-order valence-corrected chi connectivity index (χ0v) is 9.66. The van der Waals surface area contributed by atoms with E-state index in [0.29, 0.717) is 18.6 Å². The Morgan fingerprint density at radius 3 is 2.53 bits per heavy atom. The maximum Gasteiger partial charge on any atom is 0.407 e. The molecule has 1 aliphatic carbocycles. The topological polar surface area (TPSA) is 64.3 Å². The van der Waals surface area contributed by atoms with Gasteiger partial charge in [-0.15, -0.1) is 0 Å². The van der Waals surface area contributed by atoms with Crippen LogP contribution in [0.4, 0.5) is 4.79 Å². The van der Waals surface area contributed by atoms with Crippen molar-refractivity contribution in [3.63, 3.8) is 0 Å². The molecule has 4 nitrogen and oxygen atoms in total. The minimum atomic E-state index is -0.288.